The zero-order valence-electron chi connectivity index (χ0n) is 7.24. The minimum absolute atomic E-state index is 0.110. The van der Waals surface area contributed by atoms with Crippen molar-refractivity contribution in [2.24, 2.45) is 0 Å². The molecule has 14 heavy (non-hydrogen) atoms. The number of hydrogen-bond donors (Lipinski definition) is 1. The quantitative estimate of drug-likeness (QED) is 0.816. The van der Waals surface area contributed by atoms with Crippen LogP contribution in [0, 0.1) is 10.5 Å². The lowest BCUT2D eigenvalue weighted by Crippen LogP contribution is -2.14. The molecular formula is C8H6IN3OS. The Morgan fingerprint density at radius 3 is 2.93 bits per heavy atom. The Morgan fingerprint density at radius 1 is 1.57 bits per heavy atom. The van der Waals surface area contributed by atoms with E-state index in [-0.39, 0.29) is 5.56 Å². The molecule has 2 rings (SSSR count). The van der Waals surface area contributed by atoms with Gasteiger partial charge in [-0.05, 0) is 29.5 Å². The summed E-state index contributed by atoms with van der Waals surface area (Å²) >= 11 is 3.45. The third kappa shape index (κ3) is 1.71. The molecule has 4 nitrogen and oxygen atoms in total. The van der Waals surface area contributed by atoms with Crippen LogP contribution in [0.5, 0.6) is 0 Å². The number of hydrogen-bond acceptors (Lipinski definition) is 4. The van der Waals surface area contributed by atoms with Gasteiger partial charge < -0.3 is 4.98 Å². The summed E-state index contributed by atoms with van der Waals surface area (Å²) in [6, 6.07) is 0. The number of rotatable bonds is 1. The highest BCUT2D eigenvalue weighted by atomic mass is 127. The molecular weight excluding hydrogens is 313 g/mol. The second-order valence-corrected chi connectivity index (χ2v) is 4.49. The van der Waals surface area contributed by atoms with Gasteiger partial charge in [-0.3, -0.25) is 4.79 Å². The Kier molecular flexibility index (Phi) is 2.64. The fraction of sp³-hybridized carbons (Fsp3) is 0.125. The van der Waals surface area contributed by atoms with Gasteiger partial charge in [0.2, 0.25) is 0 Å². The van der Waals surface area contributed by atoms with Crippen LogP contribution in [0.4, 0.5) is 0 Å². The predicted molar refractivity (Wildman–Crippen MR) is 63.4 cm³/mol. The summed E-state index contributed by atoms with van der Waals surface area (Å²) < 4.78 is 0.626. The zero-order chi connectivity index (χ0) is 10.1. The Bertz CT molecular complexity index is 506. The van der Waals surface area contributed by atoms with Gasteiger partial charge >= 0.3 is 0 Å². The monoisotopic (exact) mass is 319 g/mol. The summed E-state index contributed by atoms with van der Waals surface area (Å²) in [6.07, 6.45) is 0. The van der Waals surface area contributed by atoms with E-state index in [9.17, 15) is 4.79 Å². The van der Waals surface area contributed by atoms with E-state index in [0.29, 0.717) is 15.1 Å². The lowest BCUT2D eigenvalue weighted by molar-refractivity contribution is 1.04. The van der Waals surface area contributed by atoms with Crippen LogP contribution < -0.4 is 5.56 Å². The van der Waals surface area contributed by atoms with Crippen LogP contribution in [-0.4, -0.2) is 15.0 Å². The molecule has 0 aliphatic heterocycles. The van der Waals surface area contributed by atoms with Crippen LogP contribution in [0.3, 0.4) is 0 Å². The molecule has 0 atom stereocenters. The van der Waals surface area contributed by atoms with E-state index in [2.05, 4.69) is 15.0 Å². The molecule has 0 aliphatic rings. The highest BCUT2D eigenvalue weighted by molar-refractivity contribution is 14.1. The molecule has 0 saturated heterocycles. The molecule has 2 aromatic heterocycles. The molecule has 0 fully saturated rings. The number of nitrogens with one attached hydrogen (secondary N) is 1. The first-order valence-electron chi connectivity index (χ1n) is 3.83. The van der Waals surface area contributed by atoms with Crippen molar-refractivity contribution in [3.63, 3.8) is 0 Å². The average Bonchev–Trinajstić information content (AvgIpc) is 2.66. The van der Waals surface area contributed by atoms with Crippen LogP contribution in [0.2, 0.25) is 0 Å². The highest BCUT2D eigenvalue weighted by Gasteiger charge is 2.07. The van der Waals surface area contributed by atoms with Crippen LogP contribution in [0.25, 0.3) is 11.5 Å². The first kappa shape index (κ1) is 9.78. The maximum absolute atomic E-state index is 11.4. The van der Waals surface area contributed by atoms with Gasteiger partial charge in [-0.2, -0.15) is 0 Å². The first-order valence-corrected chi connectivity index (χ1v) is 5.85. The second kappa shape index (κ2) is 3.77. The summed E-state index contributed by atoms with van der Waals surface area (Å²) in [7, 11) is 0. The third-order valence-corrected chi connectivity index (χ3v) is 3.56. The molecule has 0 unspecified atom stereocenters. The molecule has 0 aromatic carbocycles. The standard InChI is InChI=1S/C8H6IN3OS/c1-4-6(9)8(13)12-7(11-4)5-2-14-3-10-5/h2-3H,1H3,(H,11,12,13). The molecule has 0 bridgehead atoms. The molecule has 72 valence electrons. The Labute approximate surface area is 97.6 Å². The van der Waals surface area contributed by atoms with Crippen molar-refractivity contribution >= 4 is 33.9 Å². The van der Waals surface area contributed by atoms with Gasteiger partial charge in [-0.25, -0.2) is 9.97 Å². The van der Waals surface area contributed by atoms with Gasteiger partial charge in [0.05, 0.1) is 14.8 Å². The predicted octanol–water partition coefficient (Wildman–Crippen LogP) is 1.81. The topological polar surface area (TPSA) is 58.6 Å². The van der Waals surface area contributed by atoms with Crippen molar-refractivity contribution in [1.29, 1.82) is 0 Å². The molecule has 2 aromatic rings. The lowest BCUT2D eigenvalue weighted by atomic mass is 10.4. The van der Waals surface area contributed by atoms with E-state index >= 15 is 0 Å². The smallest absolute Gasteiger partial charge is 0.264 e. The van der Waals surface area contributed by atoms with Crippen LogP contribution >= 0.6 is 33.9 Å². The van der Waals surface area contributed by atoms with Crippen molar-refractivity contribution in [2.45, 2.75) is 6.92 Å². The molecule has 0 aliphatic carbocycles. The van der Waals surface area contributed by atoms with Gasteiger partial charge in [0, 0.05) is 5.38 Å². The zero-order valence-corrected chi connectivity index (χ0v) is 10.2. The number of nitrogens with zero attached hydrogens (tertiary/aromatic N) is 2. The van der Waals surface area contributed by atoms with Crippen molar-refractivity contribution in [3.8, 4) is 11.5 Å². The molecule has 6 heteroatoms. The summed E-state index contributed by atoms with van der Waals surface area (Å²) in [6.45, 7) is 1.81. The van der Waals surface area contributed by atoms with Gasteiger partial charge in [0.25, 0.3) is 5.56 Å². The molecule has 0 amide bonds. The second-order valence-electron chi connectivity index (χ2n) is 2.69. The Morgan fingerprint density at radius 2 is 2.36 bits per heavy atom. The SMILES string of the molecule is Cc1nc(-c2cscn2)[nH]c(=O)c1I. The van der Waals surface area contributed by atoms with Gasteiger partial charge in [-0.15, -0.1) is 11.3 Å². The van der Waals surface area contributed by atoms with Gasteiger partial charge in [0.1, 0.15) is 5.69 Å². The summed E-state index contributed by atoms with van der Waals surface area (Å²) in [5.41, 5.74) is 3.05. The fourth-order valence-electron chi connectivity index (χ4n) is 1.02. The minimum atomic E-state index is -0.110. The normalized spacial score (nSPS) is 10.4. The van der Waals surface area contributed by atoms with Crippen molar-refractivity contribution in [3.05, 3.63) is 30.5 Å². The van der Waals surface area contributed by atoms with Crippen molar-refractivity contribution < 1.29 is 0 Å². The maximum Gasteiger partial charge on any atom is 0.264 e. The largest absolute Gasteiger partial charge is 0.304 e. The minimum Gasteiger partial charge on any atom is -0.304 e. The van der Waals surface area contributed by atoms with E-state index in [0.717, 1.165) is 5.69 Å². The number of H-pyrrole nitrogens is 1. The number of halogens is 1. The van der Waals surface area contributed by atoms with Gasteiger partial charge in [-0.1, -0.05) is 0 Å². The third-order valence-electron chi connectivity index (χ3n) is 1.70. The van der Waals surface area contributed by atoms with E-state index in [4.69, 9.17) is 0 Å². The van der Waals surface area contributed by atoms with Crippen molar-refractivity contribution in [2.75, 3.05) is 0 Å². The number of aromatic amines is 1. The van der Waals surface area contributed by atoms with Crippen LogP contribution in [0.1, 0.15) is 5.69 Å². The highest BCUT2D eigenvalue weighted by Crippen LogP contribution is 2.14. The first-order chi connectivity index (χ1) is 6.68. The Balaban J connectivity index is 2.63. The summed E-state index contributed by atoms with van der Waals surface area (Å²) in [5.74, 6) is 0.536. The van der Waals surface area contributed by atoms with Gasteiger partial charge in [0.15, 0.2) is 5.82 Å². The molecule has 0 spiro atoms. The van der Waals surface area contributed by atoms with E-state index in [1.165, 1.54) is 11.3 Å². The van der Waals surface area contributed by atoms with E-state index < -0.39 is 0 Å². The molecule has 0 radical (unpaired) electrons. The Hall–Kier alpha value is -0.760. The van der Waals surface area contributed by atoms with Crippen molar-refractivity contribution in [1.82, 2.24) is 15.0 Å². The number of aryl methyl sites for hydroxylation is 1. The molecule has 0 saturated carbocycles. The van der Waals surface area contributed by atoms with Crippen LogP contribution in [0.15, 0.2) is 15.7 Å². The summed E-state index contributed by atoms with van der Waals surface area (Å²) in [5, 5.41) is 1.85. The van der Waals surface area contributed by atoms with Crippen LogP contribution in [-0.2, 0) is 0 Å². The molecule has 1 N–H and O–H groups in total. The number of aromatic nitrogens is 3. The van der Waals surface area contributed by atoms with E-state index in [1.54, 1.807) is 5.51 Å². The maximum atomic E-state index is 11.4. The fourth-order valence-corrected chi connectivity index (χ4v) is 1.81. The lowest BCUT2D eigenvalue weighted by Gasteiger charge is -1.99. The average molecular weight is 319 g/mol. The molecule has 2 heterocycles. The summed E-state index contributed by atoms with van der Waals surface area (Å²) in [4.78, 5) is 22.5. The number of thiazole rings is 1. The van der Waals surface area contributed by atoms with E-state index in [1.807, 2.05) is 34.9 Å².